The minimum Gasteiger partial charge on any atom is -0.450 e. The van der Waals surface area contributed by atoms with Crippen molar-refractivity contribution in [3.05, 3.63) is 0 Å². The van der Waals surface area contributed by atoms with Gasteiger partial charge in [-0.1, -0.05) is 6.92 Å². The highest BCUT2D eigenvalue weighted by Crippen LogP contribution is 2.09. The van der Waals surface area contributed by atoms with Crippen molar-refractivity contribution in [3.8, 4) is 0 Å². The summed E-state index contributed by atoms with van der Waals surface area (Å²) in [6, 6.07) is 0.140. The SMILES string of the molecule is CCOC(=O)N1CCN(C(=O)CCN(C(C)=O)C(C)CC)CC1. The number of hydrogen-bond donors (Lipinski definition) is 0. The number of rotatable bonds is 6. The van der Waals surface area contributed by atoms with E-state index in [9.17, 15) is 14.4 Å². The predicted octanol–water partition coefficient (Wildman–Crippen LogP) is 1.32. The summed E-state index contributed by atoms with van der Waals surface area (Å²) in [6.45, 7) is 10.1. The molecule has 1 aliphatic heterocycles. The number of ether oxygens (including phenoxy) is 1. The molecule has 7 nitrogen and oxygen atoms in total. The topological polar surface area (TPSA) is 70.2 Å². The first-order valence-electron chi connectivity index (χ1n) is 8.37. The molecular weight excluding hydrogens is 298 g/mol. The number of nitrogens with zero attached hydrogens (tertiary/aromatic N) is 3. The Bertz CT molecular complexity index is 420. The van der Waals surface area contributed by atoms with Gasteiger partial charge >= 0.3 is 6.09 Å². The third kappa shape index (κ3) is 5.73. The van der Waals surface area contributed by atoms with E-state index in [4.69, 9.17) is 4.74 Å². The first-order chi connectivity index (χ1) is 10.9. The second-order valence-corrected chi connectivity index (χ2v) is 5.79. The van der Waals surface area contributed by atoms with E-state index in [0.29, 0.717) is 45.8 Å². The zero-order valence-electron chi connectivity index (χ0n) is 14.7. The molecule has 0 aromatic heterocycles. The molecule has 1 saturated heterocycles. The van der Waals surface area contributed by atoms with Crippen molar-refractivity contribution in [2.45, 2.75) is 46.6 Å². The van der Waals surface area contributed by atoms with Crippen LogP contribution in [0.15, 0.2) is 0 Å². The van der Waals surface area contributed by atoms with Gasteiger partial charge in [0.25, 0.3) is 0 Å². The first-order valence-corrected chi connectivity index (χ1v) is 8.37. The van der Waals surface area contributed by atoms with Crippen LogP contribution in [-0.4, -0.2) is 78.0 Å². The van der Waals surface area contributed by atoms with Crippen LogP contribution in [-0.2, 0) is 14.3 Å². The average Bonchev–Trinajstić information content (AvgIpc) is 2.54. The lowest BCUT2D eigenvalue weighted by molar-refractivity contribution is -0.135. The Hall–Kier alpha value is -1.79. The summed E-state index contributed by atoms with van der Waals surface area (Å²) in [6.07, 6.45) is 0.870. The summed E-state index contributed by atoms with van der Waals surface area (Å²) in [4.78, 5) is 40.7. The summed E-state index contributed by atoms with van der Waals surface area (Å²) < 4.78 is 4.96. The van der Waals surface area contributed by atoms with E-state index >= 15 is 0 Å². The van der Waals surface area contributed by atoms with Gasteiger partial charge in [-0.05, 0) is 20.3 Å². The fourth-order valence-electron chi connectivity index (χ4n) is 2.64. The van der Waals surface area contributed by atoms with Crippen LogP contribution < -0.4 is 0 Å². The van der Waals surface area contributed by atoms with E-state index < -0.39 is 0 Å². The molecule has 0 aliphatic carbocycles. The van der Waals surface area contributed by atoms with Gasteiger partial charge in [-0.3, -0.25) is 9.59 Å². The van der Waals surface area contributed by atoms with Crippen molar-refractivity contribution in [2.24, 2.45) is 0 Å². The van der Waals surface area contributed by atoms with Crippen molar-refractivity contribution in [3.63, 3.8) is 0 Å². The maximum absolute atomic E-state index is 12.3. The van der Waals surface area contributed by atoms with E-state index in [2.05, 4.69) is 0 Å². The van der Waals surface area contributed by atoms with Gasteiger partial charge in [0, 0.05) is 52.1 Å². The highest BCUT2D eigenvalue weighted by atomic mass is 16.6. The minimum atomic E-state index is -0.320. The van der Waals surface area contributed by atoms with Crippen molar-refractivity contribution < 1.29 is 19.1 Å². The van der Waals surface area contributed by atoms with Gasteiger partial charge in [-0.2, -0.15) is 0 Å². The number of amides is 3. The summed E-state index contributed by atoms with van der Waals surface area (Å²) in [5, 5.41) is 0. The molecule has 0 saturated carbocycles. The monoisotopic (exact) mass is 327 g/mol. The van der Waals surface area contributed by atoms with E-state index in [1.54, 1.807) is 21.6 Å². The van der Waals surface area contributed by atoms with Crippen LogP contribution in [0.4, 0.5) is 4.79 Å². The first kappa shape index (κ1) is 19.3. The molecule has 0 aromatic carbocycles. The molecule has 1 unspecified atom stereocenters. The van der Waals surface area contributed by atoms with Crippen LogP contribution in [0.2, 0.25) is 0 Å². The molecule has 1 heterocycles. The second-order valence-electron chi connectivity index (χ2n) is 5.79. The summed E-state index contributed by atoms with van der Waals surface area (Å²) in [5.41, 5.74) is 0. The molecule has 0 bridgehead atoms. The predicted molar refractivity (Wildman–Crippen MR) is 86.9 cm³/mol. The van der Waals surface area contributed by atoms with Crippen LogP contribution in [0.5, 0.6) is 0 Å². The van der Waals surface area contributed by atoms with Crippen LogP contribution in [0, 0.1) is 0 Å². The quantitative estimate of drug-likeness (QED) is 0.738. The molecule has 0 aromatic rings. The third-order valence-corrected chi connectivity index (χ3v) is 4.25. The highest BCUT2D eigenvalue weighted by molar-refractivity contribution is 5.78. The zero-order chi connectivity index (χ0) is 17.4. The van der Waals surface area contributed by atoms with Crippen LogP contribution >= 0.6 is 0 Å². The van der Waals surface area contributed by atoms with E-state index in [-0.39, 0.29) is 23.9 Å². The Morgan fingerprint density at radius 3 is 2.13 bits per heavy atom. The van der Waals surface area contributed by atoms with Gasteiger partial charge in [0.15, 0.2) is 0 Å². The standard InChI is InChI=1S/C16H29N3O4/c1-5-13(3)19(14(4)20)8-7-15(21)17-9-11-18(12-10-17)16(22)23-6-2/h13H,5-12H2,1-4H3. The molecule has 0 spiro atoms. The third-order valence-electron chi connectivity index (χ3n) is 4.25. The Kier molecular flexibility index (Phi) is 7.85. The summed E-state index contributed by atoms with van der Waals surface area (Å²) in [5.74, 6) is 0.0299. The largest absolute Gasteiger partial charge is 0.450 e. The molecule has 1 fully saturated rings. The van der Waals surface area contributed by atoms with E-state index in [0.717, 1.165) is 6.42 Å². The van der Waals surface area contributed by atoms with Gasteiger partial charge in [0.2, 0.25) is 11.8 Å². The van der Waals surface area contributed by atoms with E-state index in [1.807, 2.05) is 13.8 Å². The fraction of sp³-hybridized carbons (Fsp3) is 0.812. The Morgan fingerprint density at radius 2 is 1.65 bits per heavy atom. The molecule has 23 heavy (non-hydrogen) atoms. The smallest absolute Gasteiger partial charge is 0.409 e. The van der Waals surface area contributed by atoms with Gasteiger partial charge in [0.1, 0.15) is 0 Å². The molecule has 132 valence electrons. The highest BCUT2D eigenvalue weighted by Gasteiger charge is 2.25. The van der Waals surface area contributed by atoms with Crippen molar-refractivity contribution >= 4 is 17.9 Å². The maximum Gasteiger partial charge on any atom is 0.409 e. The van der Waals surface area contributed by atoms with Gasteiger partial charge < -0.3 is 19.4 Å². The molecule has 1 atom stereocenters. The summed E-state index contributed by atoms with van der Waals surface area (Å²) >= 11 is 0. The number of carbonyl (C=O) groups is 3. The molecule has 0 radical (unpaired) electrons. The zero-order valence-corrected chi connectivity index (χ0v) is 14.7. The van der Waals surface area contributed by atoms with Crippen LogP contribution in [0.3, 0.4) is 0 Å². The van der Waals surface area contributed by atoms with Crippen LogP contribution in [0.25, 0.3) is 0 Å². The van der Waals surface area contributed by atoms with Crippen molar-refractivity contribution in [1.29, 1.82) is 0 Å². The normalized spacial score (nSPS) is 16.0. The molecular formula is C16H29N3O4. The molecule has 0 N–H and O–H groups in total. The van der Waals surface area contributed by atoms with Gasteiger partial charge in [-0.25, -0.2) is 4.79 Å². The lowest BCUT2D eigenvalue weighted by Gasteiger charge is -2.35. The average molecular weight is 327 g/mol. The van der Waals surface area contributed by atoms with Gasteiger partial charge in [0.05, 0.1) is 6.61 Å². The Balaban J connectivity index is 2.42. The fourth-order valence-corrected chi connectivity index (χ4v) is 2.64. The summed E-state index contributed by atoms with van der Waals surface area (Å²) in [7, 11) is 0. The lowest BCUT2D eigenvalue weighted by Crippen LogP contribution is -2.51. The van der Waals surface area contributed by atoms with E-state index in [1.165, 1.54) is 6.92 Å². The van der Waals surface area contributed by atoms with Crippen molar-refractivity contribution in [1.82, 2.24) is 14.7 Å². The Morgan fingerprint density at radius 1 is 1.09 bits per heavy atom. The molecule has 1 aliphatic rings. The Labute approximate surface area is 138 Å². The maximum atomic E-state index is 12.3. The number of carbonyl (C=O) groups excluding carboxylic acids is 3. The minimum absolute atomic E-state index is 0.000666. The van der Waals surface area contributed by atoms with Gasteiger partial charge in [-0.15, -0.1) is 0 Å². The van der Waals surface area contributed by atoms with Crippen LogP contribution in [0.1, 0.15) is 40.5 Å². The lowest BCUT2D eigenvalue weighted by atomic mass is 10.2. The second kappa shape index (κ2) is 9.37. The van der Waals surface area contributed by atoms with Crippen molar-refractivity contribution in [2.75, 3.05) is 39.3 Å². The number of piperazine rings is 1. The molecule has 1 rings (SSSR count). The molecule has 3 amide bonds. The molecule has 7 heteroatoms. The number of hydrogen-bond acceptors (Lipinski definition) is 4.